The van der Waals surface area contributed by atoms with E-state index in [1.54, 1.807) is 30.6 Å². The first-order valence-electron chi connectivity index (χ1n) is 5.88. The lowest BCUT2D eigenvalue weighted by Gasteiger charge is -2.09. The molecule has 5 nitrogen and oxygen atoms in total. The number of nitrogens with zero attached hydrogens (tertiary/aromatic N) is 1. The molecular formula is C14H14N2O3S. The number of carbonyl (C=O) groups is 1. The molecule has 1 amide bonds. The average molecular weight is 290 g/mol. The Kier molecular flexibility index (Phi) is 3.85. The van der Waals surface area contributed by atoms with Gasteiger partial charge >= 0.3 is 0 Å². The molecule has 2 N–H and O–H groups in total. The summed E-state index contributed by atoms with van der Waals surface area (Å²) in [5.41, 5.74) is 7.63. The highest BCUT2D eigenvalue weighted by Crippen LogP contribution is 2.23. The van der Waals surface area contributed by atoms with Gasteiger partial charge in [0.2, 0.25) is 5.91 Å². The predicted molar refractivity (Wildman–Crippen MR) is 76.7 cm³/mol. The molecule has 0 spiro atoms. The molecule has 0 aliphatic carbocycles. The number of pyridine rings is 1. The van der Waals surface area contributed by atoms with Gasteiger partial charge in [-0.25, -0.2) is 8.42 Å². The topological polar surface area (TPSA) is 90.1 Å². The first-order valence-corrected chi connectivity index (χ1v) is 7.94. The van der Waals surface area contributed by atoms with E-state index >= 15 is 0 Å². The van der Waals surface area contributed by atoms with Gasteiger partial charge in [-0.05, 0) is 41.0 Å². The van der Waals surface area contributed by atoms with E-state index in [0.29, 0.717) is 5.56 Å². The van der Waals surface area contributed by atoms with E-state index in [0.717, 1.165) is 17.4 Å². The predicted octanol–water partition coefficient (Wildman–Crippen LogP) is 1.39. The number of hydrogen-bond donors (Lipinski definition) is 1. The van der Waals surface area contributed by atoms with Crippen LogP contribution in [0.5, 0.6) is 0 Å². The standard InChI is InChI=1S/C14H14N2O3S/c1-20(18,19)9-12-8-11(2-3-13(12)14(15)17)10-4-6-16-7-5-10/h2-8H,9H2,1H3,(H2,15,17). The number of sulfone groups is 1. The van der Waals surface area contributed by atoms with E-state index in [9.17, 15) is 13.2 Å². The summed E-state index contributed by atoms with van der Waals surface area (Å²) >= 11 is 0. The monoisotopic (exact) mass is 290 g/mol. The van der Waals surface area contributed by atoms with Gasteiger partial charge in [-0.2, -0.15) is 0 Å². The third kappa shape index (κ3) is 3.42. The van der Waals surface area contributed by atoms with Crippen molar-refractivity contribution in [1.29, 1.82) is 0 Å². The fourth-order valence-electron chi connectivity index (χ4n) is 1.96. The van der Waals surface area contributed by atoms with Crippen molar-refractivity contribution in [1.82, 2.24) is 4.98 Å². The maximum Gasteiger partial charge on any atom is 0.249 e. The van der Waals surface area contributed by atoms with Crippen LogP contribution in [-0.2, 0) is 15.6 Å². The number of rotatable bonds is 4. The highest BCUT2D eigenvalue weighted by atomic mass is 32.2. The van der Waals surface area contributed by atoms with Gasteiger partial charge < -0.3 is 5.73 Å². The highest BCUT2D eigenvalue weighted by molar-refractivity contribution is 7.89. The van der Waals surface area contributed by atoms with Gasteiger partial charge in [-0.1, -0.05) is 6.07 Å². The molecule has 6 heteroatoms. The molecule has 1 heterocycles. The van der Waals surface area contributed by atoms with Crippen molar-refractivity contribution >= 4 is 15.7 Å². The second-order valence-electron chi connectivity index (χ2n) is 4.54. The second-order valence-corrected chi connectivity index (χ2v) is 6.68. The molecule has 0 aliphatic rings. The van der Waals surface area contributed by atoms with Gasteiger partial charge in [0.1, 0.15) is 0 Å². The quantitative estimate of drug-likeness (QED) is 0.921. The Hall–Kier alpha value is -2.21. The number of nitrogens with two attached hydrogens (primary N) is 1. The normalized spacial score (nSPS) is 11.2. The van der Waals surface area contributed by atoms with Crippen molar-refractivity contribution in [3.05, 3.63) is 53.9 Å². The average Bonchev–Trinajstić information content (AvgIpc) is 2.37. The van der Waals surface area contributed by atoms with Crippen LogP contribution in [0.3, 0.4) is 0 Å². The minimum atomic E-state index is -3.25. The molecular weight excluding hydrogens is 276 g/mol. The smallest absolute Gasteiger partial charge is 0.249 e. The van der Waals surface area contributed by atoms with Gasteiger partial charge in [-0.3, -0.25) is 9.78 Å². The molecule has 0 unspecified atom stereocenters. The molecule has 2 rings (SSSR count). The van der Waals surface area contributed by atoms with Crippen molar-refractivity contribution in [2.75, 3.05) is 6.26 Å². The summed E-state index contributed by atoms with van der Waals surface area (Å²) in [6, 6.07) is 8.59. The first kappa shape index (κ1) is 14.2. The summed E-state index contributed by atoms with van der Waals surface area (Å²) in [6.45, 7) is 0. The van der Waals surface area contributed by atoms with Gasteiger partial charge in [0, 0.05) is 24.2 Å². The molecule has 104 valence electrons. The lowest BCUT2D eigenvalue weighted by Crippen LogP contribution is -2.15. The summed E-state index contributed by atoms with van der Waals surface area (Å²) < 4.78 is 22.9. The lowest BCUT2D eigenvalue weighted by atomic mass is 10.0. The van der Waals surface area contributed by atoms with E-state index in [1.807, 2.05) is 12.1 Å². The molecule has 2 aromatic rings. The van der Waals surface area contributed by atoms with Crippen molar-refractivity contribution < 1.29 is 13.2 Å². The Balaban J connectivity index is 2.54. The van der Waals surface area contributed by atoms with Crippen molar-refractivity contribution in [2.24, 2.45) is 5.73 Å². The van der Waals surface area contributed by atoms with E-state index in [1.165, 1.54) is 0 Å². The number of carbonyl (C=O) groups excluding carboxylic acids is 1. The van der Waals surface area contributed by atoms with Gasteiger partial charge in [0.15, 0.2) is 9.84 Å². The van der Waals surface area contributed by atoms with E-state index in [-0.39, 0.29) is 11.3 Å². The number of primary amides is 1. The second kappa shape index (κ2) is 5.42. The van der Waals surface area contributed by atoms with Gasteiger partial charge in [-0.15, -0.1) is 0 Å². The SMILES string of the molecule is CS(=O)(=O)Cc1cc(-c2ccncc2)ccc1C(N)=O. The van der Waals surface area contributed by atoms with Crippen molar-refractivity contribution in [2.45, 2.75) is 5.75 Å². The molecule has 20 heavy (non-hydrogen) atoms. The van der Waals surface area contributed by atoms with Crippen LogP contribution in [0.15, 0.2) is 42.7 Å². The van der Waals surface area contributed by atoms with Crippen LogP contribution in [0.25, 0.3) is 11.1 Å². The van der Waals surface area contributed by atoms with E-state index in [2.05, 4.69) is 4.98 Å². The zero-order valence-corrected chi connectivity index (χ0v) is 11.7. The summed E-state index contributed by atoms with van der Waals surface area (Å²) in [7, 11) is -3.25. The fourth-order valence-corrected chi connectivity index (χ4v) is 2.76. The van der Waals surface area contributed by atoms with Crippen LogP contribution < -0.4 is 5.73 Å². The van der Waals surface area contributed by atoms with Crippen molar-refractivity contribution in [3.8, 4) is 11.1 Å². The maximum absolute atomic E-state index is 11.5. The third-order valence-corrected chi connectivity index (χ3v) is 3.64. The maximum atomic E-state index is 11.5. The van der Waals surface area contributed by atoms with Crippen LogP contribution in [0.1, 0.15) is 15.9 Å². The molecule has 0 saturated carbocycles. The van der Waals surface area contributed by atoms with Crippen LogP contribution in [0.2, 0.25) is 0 Å². The molecule has 1 aromatic heterocycles. The van der Waals surface area contributed by atoms with Crippen molar-refractivity contribution in [3.63, 3.8) is 0 Å². The van der Waals surface area contributed by atoms with Crippen LogP contribution >= 0.6 is 0 Å². The molecule has 0 radical (unpaired) electrons. The van der Waals surface area contributed by atoms with E-state index in [4.69, 9.17) is 5.73 Å². The summed E-state index contributed by atoms with van der Waals surface area (Å²) in [5.74, 6) is -0.852. The Morgan fingerprint density at radius 1 is 1.15 bits per heavy atom. The highest BCUT2D eigenvalue weighted by Gasteiger charge is 2.14. The summed E-state index contributed by atoms with van der Waals surface area (Å²) in [4.78, 5) is 15.3. The number of amides is 1. The lowest BCUT2D eigenvalue weighted by molar-refractivity contribution is 0.0999. The van der Waals surface area contributed by atoms with E-state index < -0.39 is 15.7 Å². The summed E-state index contributed by atoms with van der Waals surface area (Å²) in [5, 5.41) is 0. The minimum absolute atomic E-state index is 0.218. The molecule has 1 aromatic carbocycles. The largest absolute Gasteiger partial charge is 0.366 e. The molecule has 0 atom stereocenters. The number of aromatic nitrogens is 1. The fraction of sp³-hybridized carbons (Fsp3) is 0.143. The third-order valence-electron chi connectivity index (χ3n) is 2.80. The first-order chi connectivity index (χ1) is 9.37. The molecule has 0 aliphatic heterocycles. The minimum Gasteiger partial charge on any atom is -0.366 e. The Morgan fingerprint density at radius 3 is 2.35 bits per heavy atom. The van der Waals surface area contributed by atoms with Gasteiger partial charge in [0.25, 0.3) is 0 Å². The zero-order valence-electron chi connectivity index (χ0n) is 10.9. The van der Waals surface area contributed by atoms with Crippen LogP contribution in [0.4, 0.5) is 0 Å². The zero-order chi connectivity index (χ0) is 14.8. The van der Waals surface area contributed by atoms with Crippen LogP contribution in [0, 0.1) is 0 Å². The van der Waals surface area contributed by atoms with Gasteiger partial charge in [0.05, 0.1) is 5.75 Å². The molecule has 0 fully saturated rings. The Bertz CT molecular complexity index is 740. The number of benzene rings is 1. The number of hydrogen-bond acceptors (Lipinski definition) is 4. The van der Waals surface area contributed by atoms with Crippen LogP contribution in [-0.4, -0.2) is 25.6 Å². The Labute approximate surface area is 117 Å². The summed E-state index contributed by atoms with van der Waals surface area (Å²) in [6.07, 6.45) is 4.41. The Morgan fingerprint density at radius 2 is 1.80 bits per heavy atom. The molecule has 0 bridgehead atoms. The molecule has 0 saturated heterocycles.